The van der Waals surface area contributed by atoms with Crippen molar-refractivity contribution >= 4 is 23.7 Å². The molecule has 0 radical (unpaired) electrons. The quantitative estimate of drug-likeness (QED) is 0.217. The van der Waals surface area contributed by atoms with Gasteiger partial charge in [0.1, 0.15) is 18.3 Å². The molecule has 8 heteroatoms. The molecule has 11 atom stereocenters. The van der Waals surface area contributed by atoms with Crippen molar-refractivity contribution in [2.45, 2.75) is 91.1 Å². The summed E-state index contributed by atoms with van der Waals surface area (Å²) in [7, 11) is 0. The van der Waals surface area contributed by atoms with Gasteiger partial charge in [-0.2, -0.15) is 0 Å². The van der Waals surface area contributed by atoms with Crippen molar-refractivity contribution in [2.24, 2.45) is 39.9 Å². The van der Waals surface area contributed by atoms with E-state index in [0.717, 1.165) is 11.1 Å². The second-order valence-corrected chi connectivity index (χ2v) is 14.5. The van der Waals surface area contributed by atoms with Crippen LogP contribution in [-0.2, 0) is 33.4 Å². The van der Waals surface area contributed by atoms with Gasteiger partial charge in [-0.15, -0.1) is 0 Å². The molecule has 7 aliphatic rings. The molecule has 0 unspecified atom stereocenters. The Morgan fingerprint density at radius 2 is 1.86 bits per heavy atom. The Bertz CT molecular complexity index is 1540. The van der Waals surface area contributed by atoms with Crippen molar-refractivity contribution in [2.75, 3.05) is 0 Å². The van der Waals surface area contributed by atoms with Crippen LogP contribution in [0.3, 0.4) is 0 Å². The number of hydrogen-bond donors (Lipinski definition) is 1. The Labute approximate surface area is 251 Å². The van der Waals surface area contributed by atoms with Gasteiger partial charge in [-0.1, -0.05) is 42.9 Å². The van der Waals surface area contributed by atoms with Gasteiger partial charge in [-0.3, -0.25) is 9.59 Å². The molecule has 2 heterocycles. The van der Waals surface area contributed by atoms with Gasteiger partial charge >= 0.3 is 17.9 Å². The highest BCUT2D eigenvalue weighted by atomic mass is 16.6. The smallest absolute Gasteiger partial charge is 0.334 e. The number of fused-ring (bicyclic) bond motifs is 6. The fourth-order valence-electron chi connectivity index (χ4n) is 10.5. The zero-order valence-electron chi connectivity index (χ0n) is 25.7. The van der Waals surface area contributed by atoms with Crippen LogP contribution in [0.15, 0.2) is 58.7 Å². The zero-order chi connectivity index (χ0) is 31.0. The Morgan fingerprint density at radius 1 is 1.14 bits per heavy atom. The maximum Gasteiger partial charge on any atom is 0.334 e. The van der Waals surface area contributed by atoms with E-state index in [9.17, 15) is 24.3 Å². The average molecular weight is 589 g/mol. The van der Waals surface area contributed by atoms with Crippen LogP contribution in [0.5, 0.6) is 0 Å². The monoisotopic (exact) mass is 588 g/mol. The molecule has 0 aromatic rings. The van der Waals surface area contributed by atoms with Gasteiger partial charge in [-0.25, -0.2) is 9.59 Å². The number of ether oxygens (including phenoxy) is 3. The minimum Gasteiger partial charge on any atom is -0.460 e. The normalized spacial score (nSPS) is 47.9. The Kier molecular flexibility index (Phi) is 5.75. The highest BCUT2D eigenvalue weighted by molar-refractivity contribution is 6.09. The summed E-state index contributed by atoms with van der Waals surface area (Å²) < 4.78 is 18.8. The summed E-state index contributed by atoms with van der Waals surface area (Å²) in [6, 6.07) is 0. The number of carbonyl (C=O) groups is 4. The Hall–Kier alpha value is -3.26. The fraction of sp³-hybridized carbons (Fsp3) is 0.600. The highest BCUT2D eigenvalue weighted by Crippen LogP contribution is 2.80. The number of esters is 3. The second-order valence-electron chi connectivity index (χ2n) is 14.5. The summed E-state index contributed by atoms with van der Waals surface area (Å²) >= 11 is 0. The zero-order valence-corrected chi connectivity index (χ0v) is 25.7. The van der Waals surface area contributed by atoms with Gasteiger partial charge in [0.2, 0.25) is 0 Å². The SMILES string of the molecule is C=C1C(=O)O[C@H]2[C@@H]1CC[C@@](C)(O)[C@]13C=C[C@](C)([C@H]21)[C@]1(C3)C(=O)O[C@@H]2[C@H]3C(C)=CC(=O)C3=C(C)C[C@H](OC(=O)/C(C)=C/C)[C@H]21. The van der Waals surface area contributed by atoms with E-state index in [1.165, 1.54) is 0 Å². The van der Waals surface area contributed by atoms with Gasteiger partial charge in [0.05, 0.1) is 16.9 Å². The molecule has 0 amide bonds. The lowest BCUT2D eigenvalue weighted by Crippen LogP contribution is -2.53. The van der Waals surface area contributed by atoms with Gasteiger partial charge in [0, 0.05) is 51.7 Å². The molecular formula is C35H40O8. The molecule has 4 fully saturated rings. The predicted octanol–water partition coefficient (Wildman–Crippen LogP) is 4.48. The molecule has 2 saturated carbocycles. The lowest BCUT2D eigenvalue weighted by atomic mass is 9.54. The molecule has 5 aliphatic carbocycles. The van der Waals surface area contributed by atoms with E-state index in [1.54, 1.807) is 26.0 Å². The van der Waals surface area contributed by atoms with Gasteiger partial charge in [-0.05, 0) is 60.0 Å². The van der Waals surface area contributed by atoms with E-state index in [0.29, 0.717) is 29.6 Å². The molecule has 7 rings (SSSR count). The average Bonchev–Trinajstić information content (AvgIpc) is 3.62. The van der Waals surface area contributed by atoms with Crippen molar-refractivity contribution in [1.82, 2.24) is 0 Å². The van der Waals surface area contributed by atoms with Crippen LogP contribution in [-0.4, -0.2) is 52.7 Å². The molecule has 2 saturated heterocycles. The molecule has 2 aliphatic heterocycles. The summed E-state index contributed by atoms with van der Waals surface area (Å²) in [5, 5.41) is 12.3. The van der Waals surface area contributed by atoms with Crippen LogP contribution in [0.2, 0.25) is 0 Å². The molecule has 2 bridgehead atoms. The van der Waals surface area contributed by atoms with Crippen molar-refractivity contribution in [3.63, 3.8) is 0 Å². The lowest BCUT2D eigenvalue weighted by molar-refractivity contribution is -0.159. The first kappa shape index (κ1) is 28.5. The molecule has 1 N–H and O–H groups in total. The summed E-state index contributed by atoms with van der Waals surface area (Å²) in [5.41, 5.74) is -1.13. The first-order valence-corrected chi connectivity index (χ1v) is 15.4. The van der Waals surface area contributed by atoms with Crippen molar-refractivity contribution in [1.29, 1.82) is 0 Å². The Morgan fingerprint density at radius 3 is 2.56 bits per heavy atom. The summed E-state index contributed by atoms with van der Waals surface area (Å²) in [5.74, 6) is -3.18. The number of carbonyl (C=O) groups excluding carboxylic acids is 4. The van der Waals surface area contributed by atoms with E-state index in [4.69, 9.17) is 14.2 Å². The summed E-state index contributed by atoms with van der Waals surface area (Å²) in [6.07, 6.45) is 6.82. The highest BCUT2D eigenvalue weighted by Gasteiger charge is 2.84. The topological polar surface area (TPSA) is 116 Å². The molecule has 1 spiro atoms. The minimum atomic E-state index is -1.22. The number of allylic oxidation sites excluding steroid dienone is 3. The molecule has 43 heavy (non-hydrogen) atoms. The van der Waals surface area contributed by atoms with Crippen molar-refractivity contribution in [3.05, 3.63) is 58.7 Å². The maximum absolute atomic E-state index is 14.7. The number of ketones is 1. The predicted molar refractivity (Wildman–Crippen MR) is 155 cm³/mol. The number of aliphatic hydroxyl groups is 1. The van der Waals surface area contributed by atoms with Crippen molar-refractivity contribution < 1.29 is 38.5 Å². The van der Waals surface area contributed by atoms with Crippen LogP contribution in [0.1, 0.15) is 67.2 Å². The summed E-state index contributed by atoms with van der Waals surface area (Å²) in [6.45, 7) is 15.1. The van der Waals surface area contributed by atoms with E-state index in [-0.39, 0.29) is 24.5 Å². The molecule has 0 aromatic carbocycles. The first-order valence-electron chi connectivity index (χ1n) is 15.4. The van der Waals surface area contributed by atoms with Gasteiger partial charge in [0.25, 0.3) is 0 Å². The molecule has 0 aromatic heterocycles. The van der Waals surface area contributed by atoms with Crippen LogP contribution >= 0.6 is 0 Å². The van der Waals surface area contributed by atoms with E-state index >= 15 is 0 Å². The fourth-order valence-corrected chi connectivity index (χ4v) is 10.5. The third kappa shape index (κ3) is 3.20. The second kappa shape index (κ2) is 8.68. The standard InChI is InChI=1S/C35H40O8/c1-8-16(2)29(37)41-22-14-18(4)23-21(36)13-17(3)24(23)27-25(22)35(31(39)43-27)15-34-12-11-32(35,6)28(34)26-20(9-10-33(34,7)40)19(5)30(38)42-26/h8,11-13,20,22,24-28,40H,5,9-10,14-15H2,1-4,6-7H3/b16-8+/t20-,22+,24+,25-,26+,27-,28+,32-,33-,34+,35+/m1/s1. The van der Waals surface area contributed by atoms with E-state index in [1.807, 2.05) is 39.8 Å². The maximum atomic E-state index is 14.7. The summed E-state index contributed by atoms with van der Waals surface area (Å²) in [4.78, 5) is 54.2. The molecule has 8 nitrogen and oxygen atoms in total. The molecular weight excluding hydrogens is 548 g/mol. The third-order valence-electron chi connectivity index (χ3n) is 12.7. The van der Waals surface area contributed by atoms with Crippen LogP contribution < -0.4 is 0 Å². The number of hydrogen-bond acceptors (Lipinski definition) is 8. The van der Waals surface area contributed by atoms with Gasteiger partial charge in [0.15, 0.2) is 5.78 Å². The Balaban J connectivity index is 1.44. The lowest BCUT2D eigenvalue weighted by Gasteiger charge is -2.46. The minimum absolute atomic E-state index is 0.0997. The van der Waals surface area contributed by atoms with Crippen LogP contribution in [0, 0.1) is 39.9 Å². The van der Waals surface area contributed by atoms with Crippen molar-refractivity contribution in [3.8, 4) is 0 Å². The van der Waals surface area contributed by atoms with Gasteiger partial charge < -0.3 is 19.3 Å². The largest absolute Gasteiger partial charge is 0.460 e. The van der Waals surface area contributed by atoms with E-state index < -0.39 is 75.8 Å². The molecule has 228 valence electrons. The number of rotatable bonds is 2. The van der Waals surface area contributed by atoms with E-state index in [2.05, 4.69) is 6.58 Å². The first-order chi connectivity index (χ1) is 20.1. The van der Waals surface area contributed by atoms with Crippen LogP contribution in [0.4, 0.5) is 0 Å². The van der Waals surface area contributed by atoms with Crippen LogP contribution in [0.25, 0.3) is 0 Å². The third-order valence-corrected chi connectivity index (χ3v) is 12.7.